The van der Waals surface area contributed by atoms with Gasteiger partial charge in [0.1, 0.15) is 53.7 Å². The Morgan fingerprint density at radius 1 is 0.694 bits per heavy atom. The zero-order chi connectivity index (χ0) is 35.7. The van der Waals surface area contributed by atoms with E-state index in [1.165, 1.54) is 48.5 Å². The topological polar surface area (TPSA) is 235 Å². The van der Waals surface area contributed by atoms with Crippen LogP contribution in [-0.2, 0) is 14.2 Å². The third-order valence-corrected chi connectivity index (χ3v) is 8.44. The second kappa shape index (κ2) is 14.9. The smallest absolute Gasteiger partial charge is 0.239 e. The molecule has 0 unspecified atom stereocenters. The molecule has 10 atom stereocenters. The van der Waals surface area contributed by atoms with E-state index < -0.39 is 73.4 Å². The molecule has 17 nitrogen and oxygen atoms in total. The Hall–Kier alpha value is -3.91. The molecule has 2 aromatic carbocycles. The highest BCUT2D eigenvalue weighted by atomic mass is 16.7. The lowest BCUT2D eigenvalue weighted by Crippen LogP contribution is -2.64. The van der Waals surface area contributed by atoms with Gasteiger partial charge in [-0.2, -0.15) is 0 Å². The second-order valence-corrected chi connectivity index (χ2v) is 11.3. The Morgan fingerprint density at radius 2 is 1.35 bits per heavy atom. The summed E-state index contributed by atoms with van der Waals surface area (Å²) in [7, 11) is 6.87. The number of rotatable bonds is 11. The van der Waals surface area contributed by atoms with Gasteiger partial charge in [0.15, 0.2) is 35.0 Å². The largest absolute Gasteiger partial charge is 0.493 e. The predicted octanol–water partition coefficient (Wildman–Crippen LogP) is -0.466. The van der Waals surface area contributed by atoms with Gasteiger partial charge in [0.25, 0.3) is 0 Å². The normalized spacial score (nSPS) is 30.1. The summed E-state index contributed by atoms with van der Waals surface area (Å²) in [6, 6.07) is 6.28. The van der Waals surface area contributed by atoms with Crippen LogP contribution in [0.2, 0.25) is 0 Å². The fraction of sp³-hybridized carbons (Fsp3) is 0.531. The van der Waals surface area contributed by atoms with Crippen molar-refractivity contribution in [1.29, 1.82) is 0 Å². The molecule has 2 aliphatic heterocycles. The number of ether oxygens (including phenoxy) is 9. The molecule has 6 N–H and O–H groups in total. The van der Waals surface area contributed by atoms with Gasteiger partial charge >= 0.3 is 0 Å². The van der Waals surface area contributed by atoms with Gasteiger partial charge in [-0.05, 0) is 25.1 Å². The number of hydrogen-bond donors (Lipinski definition) is 6. The average molecular weight is 697 g/mol. The van der Waals surface area contributed by atoms with E-state index in [-0.39, 0.29) is 39.7 Å². The fourth-order valence-corrected chi connectivity index (χ4v) is 5.81. The first kappa shape index (κ1) is 36.4. The summed E-state index contributed by atoms with van der Waals surface area (Å²) in [5.41, 5.74) is -0.294. The lowest BCUT2D eigenvalue weighted by atomic mass is 9.97. The molecular weight excluding hydrogens is 656 g/mol. The molecule has 0 saturated carbocycles. The molecule has 5 rings (SSSR count). The highest BCUT2D eigenvalue weighted by Gasteiger charge is 2.50. The lowest BCUT2D eigenvalue weighted by Gasteiger charge is -2.45. The van der Waals surface area contributed by atoms with E-state index in [2.05, 4.69) is 0 Å². The van der Waals surface area contributed by atoms with Gasteiger partial charge in [0, 0.05) is 11.6 Å². The Kier molecular flexibility index (Phi) is 11.1. The first-order valence-electron chi connectivity index (χ1n) is 15.1. The molecule has 2 fully saturated rings. The van der Waals surface area contributed by atoms with Crippen LogP contribution in [0.1, 0.15) is 6.92 Å². The SMILES string of the molecule is COc1ccc(-c2oc3cc(OC)c(OC)c(O[C@@H]4O[C@@H](C)[C@H](O[C@@H]5O[C@H](CO)[C@@H](O)[C@H](O)[C@H]5O)[C@@H](O)[C@H]4O)c3c(=O)c2OC)cc1OC. The zero-order valence-electron chi connectivity index (χ0n) is 27.5. The van der Waals surface area contributed by atoms with Crippen molar-refractivity contribution in [2.24, 2.45) is 0 Å². The van der Waals surface area contributed by atoms with Crippen LogP contribution in [-0.4, -0.2) is 134 Å². The Morgan fingerprint density at radius 3 is 1.96 bits per heavy atom. The van der Waals surface area contributed by atoms with Crippen molar-refractivity contribution in [2.75, 3.05) is 42.2 Å². The summed E-state index contributed by atoms with van der Waals surface area (Å²) in [5, 5.41) is 62.3. The Labute approximate surface area is 279 Å². The first-order chi connectivity index (χ1) is 23.4. The van der Waals surface area contributed by atoms with Gasteiger partial charge in [-0.25, -0.2) is 0 Å². The summed E-state index contributed by atoms with van der Waals surface area (Å²) in [5.74, 6) is 0.401. The van der Waals surface area contributed by atoms with Crippen molar-refractivity contribution in [2.45, 2.75) is 68.3 Å². The summed E-state index contributed by atoms with van der Waals surface area (Å²) < 4.78 is 56.5. The van der Waals surface area contributed by atoms with Crippen molar-refractivity contribution >= 4 is 11.0 Å². The van der Waals surface area contributed by atoms with E-state index in [1.54, 1.807) is 18.2 Å². The van der Waals surface area contributed by atoms with Crippen molar-refractivity contribution < 1.29 is 77.7 Å². The molecule has 0 bridgehead atoms. The molecule has 0 spiro atoms. The molecule has 17 heteroatoms. The summed E-state index contributed by atoms with van der Waals surface area (Å²) in [4.78, 5) is 14.1. The van der Waals surface area contributed by atoms with E-state index in [4.69, 9.17) is 47.0 Å². The van der Waals surface area contributed by atoms with Crippen LogP contribution in [0.25, 0.3) is 22.3 Å². The number of benzene rings is 2. The average Bonchev–Trinajstić information content (AvgIpc) is 3.11. The van der Waals surface area contributed by atoms with Gasteiger partial charge in [0.05, 0.1) is 48.3 Å². The second-order valence-electron chi connectivity index (χ2n) is 11.3. The van der Waals surface area contributed by atoms with Gasteiger partial charge in [-0.3, -0.25) is 4.79 Å². The maximum absolute atomic E-state index is 14.1. The summed E-state index contributed by atoms with van der Waals surface area (Å²) >= 11 is 0. The van der Waals surface area contributed by atoms with E-state index in [9.17, 15) is 35.4 Å². The van der Waals surface area contributed by atoms with Crippen LogP contribution in [0.3, 0.4) is 0 Å². The first-order valence-corrected chi connectivity index (χ1v) is 15.1. The van der Waals surface area contributed by atoms with Crippen LogP contribution in [0.5, 0.6) is 34.5 Å². The van der Waals surface area contributed by atoms with Crippen molar-refractivity contribution in [1.82, 2.24) is 0 Å². The molecule has 0 amide bonds. The standard InChI is InChI=1S/C32H40O17/c1-12-26(48-32-24(38)22(36)20(34)18(11-33)47-32)23(37)25(39)31(45-12)49-29-19-16(10-17(42-4)28(29)43-5)46-27(30(44-6)21(19)35)13-7-8-14(40-2)15(9-13)41-3/h7-10,12,18,20,22-26,31-34,36-39H,11H2,1-6H3/t12-,18+,20+,22-,23-,24+,25+,26-,31-,32-/m0/s1. The number of fused-ring (bicyclic) bond motifs is 1. The van der Waals surface area contributed by atoms with Crippen LogP contribution in [0, 0.1) is 0 Å². The lowest BCUT2D eigenvalue weighted by molar-refractivity contribution is -0.348. The van der Waals surface area contributed by atoms with E-state index in [0.29, 0.717) is 17.1 Å². The molecule has 0 aliphatic carbocycles. The van der Waals surface area contributed by atoms with E-state index >= 15 is 0 Å². The number of aliphatic hydroxyl groups is 6. The van der Waals surface area contributed by atoms with Gasteiger partial charge in [-0.1, -0.05) is 0 Å². The van der Waals surface area contributed by atoms with Crippen LogP contribution < -0.4 is 33.8 Å². The number of methoxy groups -OCH3 is 5. The number of hydrogen-bond acceptors (Lipinski definition) is 17. The molecule has 2 aliphatic rings. The van der Waals surface area contributed by atoms with Crippen molar-refractivity contribution in [3.05, 3.63) is 34.5 Å². The number of aliphatic hydroxyl groups excluding tert-OH is 6. The molecule has 3 aromatic rings. The maximum Gasteiger partial charge on any atom is 0.239 e. The van der Waals surface area contributed by atoms with Crippen LogP contribution in [0.4, 0.5) is 0 Å². The Balaban J connectivity index is 1.52. The van der Waals surface area contributed by atoms with Crippen LogP contribution in [0.15, 0.2) is 33.5 Å². The monoisotopic (exact) mass is 696 g/mol. The molecular formula is C32H40O17. The third kappa shape index (κ3) is 6.56. The fourth-order valence-electron chi connectivity index (χ4n) is 5.81. The molecule has 1 aromatic heterocycles. The van der Waals surface area contributed by atoms with Crippen molar-refractivity contribution in [3.8, 4) is 45.8 Å². The highest BCUT2D eigenvalue weighted by molar-refractivity contribution is 5.92. The van der Waals surface area contributed by atoms with Gasteiger partial charge in [0.2, 0.25) is 23.2 Å². The molecule has 3 heterocycles. The van der Waals surface area contributed by atoms with E-state index in [1.807, 2.05) is 0 Å². The molecule has 270 valence electrons. The summed E-state index contributed by atoms with van der Waals surface area (Å²) in [6.07, 6.45) is -15.7. The third-order valence-electron chi connectivity index (χ3n) is 8.44. The summed E-state index contributed by atoms with van der Waals surface area (Å²) in [6.45, 7) is 0.765. The molecule has 49 heavy (non-hydrogen) atoms. The predicted molar refractivity (Wildman–Crippen MR) is 166 cm³/mol. The minimum atomic E-state index is -1.84. The maximum atomic E-state index is 14.1. The molecule has 2 saturated heterocycles. The van der Waals surface area contributed by atoms with Gasteiger partial charge in [-0.15, -0.1) is 0 Å². The minimum absolute atomic E-state index is 0.0223. The highest BCUT2D eigenvalue weighted by Crippen LogP contribution is 2.46. The zero-order valence-corrected chi connectivity index (χ0v) is 27.5. The molecule has 0 radical (unpaired) electrons. The van der Waals surface area contributed by atoms with Gasteiger partial charge < -0.3 is 77.7 Å². The van der Waals surface area contributed by atoms with Crippen LogP contribution >= 0.6 is 0 Å². The van der Waals surface area contributed by atoms with E-state index in [0.717, 1.165) is 0 Å². The quantitative estimate of drug-likeness (QED) is 0.149. The Bertz CT molecular complexity index is 1670. The van der Waals surface area contributed by atoms with Crippen molar-refractivity contribution in [3.63, 3.8) is 0 Å². The minimum Gasteiger partial charge on any atom is -0.493 e.